The molecule has 1 fully saturated rings. The van der Waals surface area contributed by atoms with Gasteiger partial charge in [0, 0.05) is 12.2 Å². The van der Waals surface area contributed by atoms with Crippen LogP contribution in [0.2, 0.25) is 0 Å². The summed E-state index contributed by atoms with van der Waals surface area (Å²) in [7, 11) is -3.79. The Balaban J connectivity index is 1.67. The fourth-order valence-electron chi connectivity index (χ4n) is 2.70. The van der Waals surface area contributed by atoms with Gasteiger partial charge in [-0.2, -0.15) is 0 Å². The highest BCUT2D eigenvalue weighted by Crippen LogP contribution is 2.23. The molecule has 1 aromatic heterocycles. The summed E-state index contributed by atoms with van der Waals surface area (Å²) in [4.78, 5) is 13.5. The number of carbonyl (C=O) groups is 1. The van der Waals surface area contributed by atoms with Crippen LogP contribution in [-0.2, 0) is 14.8 Å². The Kier molecular flexibility index (Phi) is 4.53. The Morgan fingerprint density at radius 2 is 1.92 bits per heavy atom. The summed E-state index contributed by atoms with van der Waals surface area (Å²) in [5, 5.41) is 3.65. The lowest BCUT2D eigenvalue weighted by molar-refractivity contribution is 0.143. The molecule has 1 aliphatic rings. The highest BCUT2D eigenvalue weighted by molar-refractivity contribution is 7.89. The summed E-state index contributed by atoms with van der Waals surface area (Å²) >= 11 is 0. The first-order valence-electron chi connectivity index (χ1n) is 7.75. The molecule has 1 saturated heterocycles. The summed E-state index contributed by atoms with van der Waals surface area (Å²) in [5.41, 5.74) is 2.08. The number of aryl methyl sites for hydroxylation is 3. The molecule has 0 aliphatic carbocycles. The first kappa shape index (κ1) is 17.4. The van der Waals surface area contributed by atoms with E-state index in [0.717, 1.165) is 5.56 Å². The Bertz CT molecular complexity index is 869. The van der Waals surface area contributed by atoms with Gasteiger partial charge in [0.05, 0.1) is 6.54 Å². The SMILES string of the molecule is Cc1ccc(N2CC(CNS(=O)(=O)c3c(C)noc3C)OC2=O)cc1. The number of sulfonamides is 1. The number of hydrogen-bond acceptors (Lipinski definition) is 6. The Labute approximate surface area is 145 Å². The van der Waals surface area contributed by atoms with Gasteiger partial charge in [-0.3, -0.25) is 4.90 Å². The second-order valence-corrected chi connectivity index (χ2v) is 7.66. The van der Waals surface area contributed by atoms with Crippen LogP contribution in [0.25, 0.3) is 0 Å². The quantitative estimate of drug-likeness (QED) is 0.868. The van der Waals surface area contributed by atoms with Crippen LogP contribution in [0.4, 0.5) is 10.5 Å². The molecule has 25 heavy (non-hydrogen) atoms. The van der Waals surface area contributed by atoms with Gasteiger partial charge in [-0.05, 0) is 32.9 Å². The van der Waals surface area contributed by atoms with Crippen molar-refractivity contribution in [1.82, 2.24) is 9.88 Å². The number of carbonyl (C=O) groups excluding carboxylic acids is 1. The molecule has 1 aliphatic heterocycles. The van der Waals surface area contributed by atoms with E-state index in [-0.39, 0.29) is 29.4 Å². The molecule has 0 radical (unpaired) electrons. The zero-order valence-electron chi connectivity index (χ0n) is 14.1. The lowest BCUT2D eigenvalue weighted by Crippen LogP contribution is -2.35. The smallest absolute Gasteiger partial charge is 0.414 e. The summed E-state index contributed by atoms with van der Waals surface area (Å²) in [6.45, 7) is 5.29. The Morgan fingerprint density at radius 1 is 1.24 bits per heavy atom. The second-order valence-electron chi connectivity index (χ2n) is 5.96. The first-order chi connectivity index (χ1) is 11.8. The summed E-state index contributed by atoms with van der Waals surface area (Å²) < 4.78 is 37.4. The number of rotatable bonds is 5. The predicted octanol–water partition coefficient (Wildman–Crippen LogP) is 1.90. The van der Waals surface area contributed by atoms with E-state index in [4.69, 9.17) is 9.26 Å². The number of amides is 1. The summed E-state index contributed by atoms with van der Waals surface area (Å²) in [5.74, 6) is 0.217. The van der Waals surface area contributed by atoms with Crippen LogP contribution in [0.15, 0.2) is 33.7 Å². The van der Waals surface area contributed by atoms with E-state index in [0.29, 0.717) is 5.69 Å². The number of cyclic esters (lactones) is 1. The van der Waals surface area contributed by atoms with Gasteiger partial charge >= 0.3 is 6.09 Å². The van der Waals surface area contributed by atoms with E-state index in [1.54, 1.807) is 6.92 Å². The third-order valence-corrected chi connectivity index (χ3v) is 5.62. The number of ether oxygens (including phenoxy) is 1. The van der Waals surface area contributed by atoms with Crippen molar-refractivity contribution < 1.29 is 22.5 Å². The molecule has 2 heterocycles. The van der Waals surface area contributed by atoms with Gasteiger partial charge in [0.1, 0.15) is 16.7 Å². The van der Waals surface area contributed by atoms with Crippen molar-refractivity contribution in [3.8, 4) is 0 Å². The summed E-state index contributed by atoms with van der Waals surface area (Å²) in [6.07, 6.45) is -1.07. The number of anilines is 1. The topological polar surface area (TPSA) is 102 Å². The zero-order chi connectivity index (χ0) is 18.2. The maximum Gasteiger partial charge on any atom is 0.414 e. The minimum atomic E-state index is -3.79. The maximum absolute atomic E-state index is 12.4. The van der Waals surface area contributed by atoms with Gasteiger partial charge in [0.2, 0.25) is 10.0 Å². The predicted molar refractivity (Wildman–Crippen MR) is 90.0 cm³/mol. The minimum Gasteiger partial charge on any atom is -0.443 e. The maximum atomic E-state index is 12.4. The molecule has 0 spiro atoms. The van der Waals surface area contributed by atoms with E-state index >= 15 is 0 Å². The van der Waals surface area contributed by atoms with Gasteiger partial charge in [-0.15, -0.1) is 0 Å². The molecule has 8 nitrogen and oxygen atoms in total. The standard InChI is InChI=1S/C16H19N3O5S/c1-10-4-6-13(7-5-10)19-9-14(23-16(19)20)8-17-25(21,22)15-11(2)18-24-12(15)3/h4-7,14,17H,8-9H2,1-3H3. The largest absolute Gasteiger partial charge is 0.443 e. The van der Waals surface area contributed by atoms with Crippen molar-refractivity contribution in [3.63, 3.8) is 0 Å². The average molecular weight is 365 g/mol. The average Bonchev–Trinajstić information content (AvgIpc) is 3.09. The van der Waals surface area contributed by atoms with Crippen molar-refractivity contribution in [1.29, 1.82) is 0 Å². The van der Waals surface area contributed by atoms with Gasteiger partial charge in [-0.25, -0.2) is 17.9 Å². The number of nitrogens with zero attached hydrogens (tertiary/aromatic N) is 2. The number of nitrogens with one attached hydrogen (secondary N) is 1. The highest BCUT2D eigenvalue weighted by Gasteiger charge is 2.34. The lowest BCUT2D eigenvalue weighted by Gasteiger charge is -2.13. The van der Waals surface area contributed by atoms with Crippen LogP contribution in [0.1, 0.15) is 17.0 Å². The van der Waals surface area contributed by atoms with Gasteiger partial charge in [0.15, 0.2) is 5.76 Å². The van der Waals surface area contributed by atoms with Crippen molar-refractivity contribution >= 4 is 21.8 Å². The van der Waals surface area contributed by atoms with E-state index in [1.165, 1.54) is 11.8 Å². The lowest BCUT2D eigenvalue weighted by atomic mass is 10.2. The van der Waals surface area contributed by atoms with Gasteiger partial charge in [0.25, 0.3) is 0 Å². The Morgan fingerprint density at radius 3 is 2.52 bits per heavy atom. The molecule has 1 aromatic carbocycles. The molecule has 0 bridgehead atoms. The molecule has 0 saturated carbocycles. The van der Waals surface area contributed by atoms with Crippen molar-refractivity contribution in [2.45, 2.75) is 31.8 Å². The van der Waals surface area contributed by atoms with Crippen LogP contribution in [0.3, 0.4) is 0 Å². The van der Waals surface area contributed by atoms with Crippen LogP contribution in [0, 0.1) is 20.8 Å². The van der Waals surface area contributed by atoms with E-state index in [2.05, 4.69) is 9.88 Å². The van der Waals surface area contributed by atoms with Crippen molar-refractivity contribution in [3.05, 3.63) is 41.3 Å². The minimum absolute atomic E-state index is 0.0206. The number of benzene rings is 1. The molecule has 1 amide bonds. The van der Waals surface area contributed by atoms with Crippen LogP contribution in [-0.4, -0.2) is 38.9 Å². The fourth-order valence-corrected chi connectivity index (χ4v) is 4.09. The van der Waals surface area contributed by atoms with Gasteiger partial charge in [-0.1, -0.05) is 22.9 Å². The second kappa shape index (κ2) is 6.49. The third kappa shape index (κ3) is 3.52. The van der Waals surface area contributed by atoms with Crippen molar-refractivity contribution in [2.75, 3.05) is 18.0 Å². The molecule has 3 rings (SSSR count). The normalized spacial score (nSPS) is 17.8. The molecule has 2 aromatic rings. The fraction of sp³-hybridized carbons (Fsp3) is 0.375. The molecule has 9 heteroatoms. The monoisotopic (exact) mass is 365 g/mol. The van der Waals surface area contributed by atoms with Crippen LogP contribution in [0.5, 0.6) is 0 Å². The molecule has 134 valence electrons. The van der Waals surface area contributed by atoms with Crippen LogP contribution < -0.4 is 9.62 Å². The molecule has 1 atom stereocenters. The first-order valence-corrected chi connectivity index (χ1v) is 9.23. The Hall–Kier alpha value is -2.39. The molecular formula is C16H19N3O5S. The summed E-state index contributed by atoms with van der Waals surface area (Å²) in [6, 6.07) is 7.45. The number of aromatic nitrogens is 1. The van der Waals surface area contributed by atoms with Crippen molar-refractivity contribution in [2.24, 2.45) is 0 Å². The molecule has 1 N–H and O–H groups in total. The molecule has 1 unspecified atom stereocenters. The molecular weight excluding hydrogens is 346 g/mol. The van der Waals surface area contributed by atoms with Crippen LogP contribution >= 0.6 is 0 Å². The zero-order valence-corrected chi connectivity index (χ0v) is 15.0. The van der Waals surface area contributed by atoms with Gasteiger partial charge < -0.3 is 9.26 Å². The number of hydrogen-bond donors (Lipinski definition) is 1. The van der Waals surface area contributed by atoms with E-state index in [9.17, 15) is 13.2 Å². The van der Waals surface area contributed by atoms with E-state index < -0.39 is 22.2 Å². The van der Waals surface area contributed by atoms with E-state index in [1.807, 2.05) is 31.2 Å². The highest BCUT2D eigenvalue weighted by atomic mass is 32.2. The third-order valence-electron chi connectivity index (χ3n) is 3.96.